The van der Waals surface area contributed by atoms with E-state index in [-0.39, 0.29) is 5.97 Å². The molecule has 0 aliphatic carbocycles. The van der Waals surface area contributed by atoms with Crippen LogP contribution in [0.2, 0.25) is 0 Å². The van der Waals surface area contributed by atoms with Crippen LogP contribution in [0.5, 0.6) is 0 Å². The maximum absolute atomic E-state index is 11.9. The highest BCUT2D eigenvalue weighted by Crippen LogP contribution is 2.27. The van der Waals surface area contributed by atoms with Crippen molar-refractivity contribution in [3.8, 4) is 0 Å². The number of carbonyl (C=O) groups excluding carboxylic acids is 1. The maximum atomic E-state index is 11.9. The lowest BCUT2D eigenvalue weighted by Gasteiger charge is -2.01. The first kappa shape index (κ1) is 13.1. The van der Waals surface area contributed by atoms with Crippen molar-refractivity contribution in [3.63, 3.8) is 0 Å². The number of thiophene rings is 1. The Morgan fingerprint density at radius 3 is 2.89 bits per heavy atom. The molecule has 0 spiro atoms. The van der Waals surface area contributed by atoms with Crippen LogP contribution in [0.3, 0.4) is 0 Å². The summed E-state index contributed by atoms with van der Waals surface area (Å²) in [4.78, 5) is 12.6. The van der Waals surface area contributed by atoms with Crippen molar-refractivity contribution in [3.05, 3.63) is 34.7 Å². The Morgan fingerprint density at radius 1 is 1.28 bits per heavy atom. The van der Waals surface area contributed by atoms with Crippen molar-refractivity contribution in [1.29, 1.82) is 0 Å². The van der Waals surface area contributed by atoms with Crippen molar-refractivity contribution in [2.24, 2.45) is 0 Å². The zero-order valence-electron chi connectivity index (χ0n) is 10.9. The maximum Gasteiger partial charge on any atom is 0.348 e. The molecule has 0 atom stereocenters. The van der Waals surface area contributed by atoms with E-state index in [0.29, 0.717) is 11.5 Å². The van der Waals surface area contributed by atoms with Gasteiger partial charge in [-0.3, -0.25) is 0 Å². The molecule has 0 radical (unpaired) electrons. The Bertz CT molecular complexity index is 542. The minimum Gasteiger partial charge on any atom is -0.462 e. The van der Waals surface area contributed by atoms with E-state index in [1.807, 2.05) is 6.07 Å². The molecule has 0 saturated heterocycles. The Labute approximate surface area is 112 Å². The molecule has 0 amide bonds. The van der Waals surface area contributed by atoms with Gasteiger partial charge in [0.15, 0.2) is 0 Å². The van der Waals surface area contributed by atoms with E-state index >= 15 is 0 Å². The zero-order valence-corrected chi connectivity index (χ0v) is 11.7. The largest absolute Gasteiger partial charge is 0.462 e. The Hall–Kier alpha value is -1.35. The molecule has 1 aromatic heterocycles. The van der Waals surface area contributed by atoms with Crippen molar-refractivity contribution in [1.82, 2.24) is 0 Å². The molecule has 0 bridgehead atoms. The van der Waals surface area contributed by atoms with E-state index in [2.05, 4.69) is 32.0 Å². The topological polar surface area (TPSA) is 26.3 Å². The summed E-state index contributed by atoms with van der Waals surface area (Å²) < 4.78 is 6.40. The SMILES string of the molecule is CCCCCOC(=O)c1cc2cc(C)ccc2s1. The molecule has 1 heterocycles. The average Bonchev–Trinajstić information content (AvgIpc) is 2.77. The molecule has 2 rings (SSSR count). The highest BCUT2D eigenvalue weighted by molar-refractivity contribution is 7.20. The molecule has 0 fully saturated rings. The van der Waals surface area contributed by atoms with Gasteiger partial charge in [0.1, 0.15) is 4.88 Å². The minimum atomic E-state index is -0.190. The number of ether oxygens (including phenoxy) is 1. The quantitative estimate of drug-likeness (QED) is 0.583. The minimum absolute atomic E-state index is 0.190. The number of benzene rings is 1. The summed E-state index contributed by atoms with van der Waals surface area (Å²) in [5.74, 6) is -0.190. The normalized spacial score (nSPS) is 10.8. The van der Waals surface area contributed by atoms with Crippen LogP contribution in [0.4, 0.5) is 0 Å². The molecule has 3 heteroatoms. The highest BCUT2D eigenvalue weighted by Gasteiger charge is 2.11. The van der Waals surface area contributed by atoms with E-state index in [1.165, 1.54) is 16.9 Å². The first-order chi connectivity index (χ1) is 8.70. The number of hydrogen-bond donors (Lipinski definition) is 0. The predicted molar refractivity (Wildman–Crippen MR) is 76.4 cm³/mol. The molecule has 2 aromatic rings. The molecule has 18 heavy (non-hydrogen) atoms. The molecular formula is C15H18O2S. The smallest absolute Gasteiger partial charge is 0.348 e. The van der Waals surface area contributed by atoms with Gasteiger partial charge in [0.05, 0.1) is 6.61 Å². The third-order valence-corrected chi connectivity index (χ3v) is 3.95. The van der Waals surface area contributed by atoms with Gasteiger partial charge in [0.2, 0.25) is 0 Å². The van der Waals surface area contributed by atoms with Crippen LogP contribution in [0, 0.1) is 6.92 Å². The number of rotatable bonds is 5. The second-order valence-corrected chi connectivity index (χ2v) is 5.58. The second kappa shape index (κ2) is 6.01. The first-order valence-corrected chi connectivity index (χ1v) is 7.19. The summed E-state index contributed by atoms with van der Waals surface area (Å²) in [7, 11) is 0. The fourth-order valence-corrected chi connectivity index (χ4v) is 2.79. The summed E-state index contributed by atoms with van der Waals surface area (Å²) >= 11 is 1.50. The van der Waals surface area contributed by atoms with Crippen LogP contribution < -0.4 is 0 Å². The lowest BCUT2D eigenvalue weighted by molar-refractivity contribution is 0.0504. The van der Waals surface area contributed by atoms with E-state index < -0.39 is 0 Å². The fraction of sp³-hybridized carbons (Fsp3) is 0.400. The van der Waals surface area contributed by atoms with E-state index in [1.54, 1.807) is 0 Å². The molecule has 96 valence electrons. The van der Waals surface area contributed by atoms with Gasteiger partial charge in [-0.1, -0.05) is 37.5 Å². The van der Waals surface area contributed by atoms with E-state index in [0.717, 1.165) is 29.3 Å². The number of hydrogen-bond acceptors (Lipinski definition) is 3. The third-order valence-electron chi connectivity index (χ3n) is 2.85. The lowest BCUT2D eigenvalue weighted by atomic mass is 10.2. The van der Waals surface area contributed by atoms with Crippen LogP contribution in [0.25, 0.3) is 10.1 Å². The number of esters is 1. The fourth-order valence-electron chi connectivity index (χ4n) is 1.85. The number of carbonyl (C=O) groups is 1. The third kappa shape index (κ3) is 3.10. The molecule has 0 saturated carbocycles. The second-order valence-electron chi connectivity index (χ2n) is 4.49. The van der Waals surface area contributed by atoms with Crippen molar-refractivity contribution < 1.29 is 9.53 Å². The lowest BCUT2D eigenvalue weighted by Crippen LogP contribution is -2.04. The monoisotopic (exact) mass is 262 g/mol. The van der Waals surface area contributed by atoms with Crippen LogP contribution in [0.1, 0.15) is 41.4 Å². The average molecular weight is 262 g/mol. The van der Waals surface area contributed by atoms with Crippen LogP contribution in [0.15, 0.2) is 24.3 Å². The molecule has 1 aromatic carbocycles. The van der Waals surface area contributed by atoms with Gasteiger partial charge in [-0.15, -0.1) is 11.3 Å². The van der Waals surface area contributed by atoms with E-state index in [4.69, 9.17) is 4.74 Å². The van der Waals surface area contributed by atoms with Crippen LogP contribution >= 0.6 is 11.3 Å². The number of fused-ring (bicyclic) bond motifs is 1. The first-order valence-electron chi connectivity index (χ1n) is 6.38. The summed E-state index contributed by atoms with van der Waals surface area (Å²) in [5, 5.41) is 1.13. The molecule has 0 unspecified atom stereocenters. The molecule has 0 aliphatic heterocycles. The van der Waals surface area contributed by atoms with Crippen LogP contribution in [-0.2, 0) is 4.74 Å². The predicted octanol–water partition coefficient (Wildman–Crippen LogP) is 4.56. The van der Waals surface area contributed by atoms with Gasteiger partial charge in [-0.2, -0.15) is 0 Å². The van der Waals surface area contributed by atoms with Crippen molar-refractivity contribution in [2.45, 2.75) is 33.1 Å². The Kier molecular flexibility index (Phi) is 4.37. The van der Waals surface area contributed by atoms with Crippen LogP contribution in [-0.4, -0.2) is 12.6 Å². The molecule has 0 N–H and O–H groups in total. The summed E-state index contributed by atoms with van der Waals surface area (Å²) in [6.45, 7) is 4.72. The van der Waals surface area contributed by atoms with Gasteiger partial charge in [-0.25, -0.2) is 4.79 Å². The standard InChI is InChI=1S/C15H18O2S/c1-3-4-5-8-17-15(16)14-10-12-9-11(2)6-7-13(12)18-14/h6-7,9-10H,3-5,8H2,1-2H3. The van der Waals surface area contributed by atoms with Gasteiger partial charge < -0.3 is 4.74 Å². The van der Waals surface area contributed by atoms with Crippen molar-refractivity contribution in [2.75, 3.05) is 6.61 Å². The number of unbranched alkanes of at least 4 members (excludes halogenated alkanes) is 2. The molecular weight excluding hydrogens is 244 g/mol. The number of aryl methyl sites for hydroxylation is 1. The summed E-state index contributed by atoms with van der Waals surface area (Å²) in [5.41, 5.74) is 1.21. The van der Waals surface area contributed by atoms with Gasteiger partial charge in [0.25, 0.3) is 0 Å². The summed E-state index contributed by atoms with van der Waals surface area (Å²) in [6, 6.07) is 8.15. The zero-order chi connectivity index (χ0) is 13.0. The van der Waals surface area contributed by atoms with E-state index in [9.17, 15) is 4.79 Å². The molecule has 0 aliphatic rings. The van der Waals surface area contributed by atoms with Gasteiger partial charge in [-0.05, 0) is 30.9 Å². The van der Waals surface area contributed by atoms with Gasteiger partial charge in [0, 0.05) is 4.70 Å². The highest BCUT2D eigenvalue weighted by atomic mass is 32.1. The summed E-state index contributed by atoms with van der Waals surface area (Å²) in [6.07, 6.45) is 3.20. The van der Waals surface area contributed by atoms with Crippen molar-refractivity contribution >= 4 is 27.4 Å². The Morgan fingerprint density at radius 2 is 2.11 bits per heavy atom. The molecule has 2 nitrogen and oxygen atoms in total. The van der Waals surface area contributed by atoms with Gasteiger partial charge >= 0.3 is 5.97 Å². The Balaban J connectivity index is 2.04.